The zero-order chi connectivity index (χ0) is 27.4. The van der Waals surface area contributed by atoms with Crippen molar-refractivity contribution in [1.29, 1.82) is 0 Å². The molecule has 0 spiro atoms. The Morgan fingerprint density at radius 2 is 1.27 bits per heavy atom. The van der Waals surface area contributed by atoms with Crippen LogP contribution in [0.15, 0.2) is 121 Å². The highest BCUT2D eigenvalue weighted by atomic mass is 16.7. The van der Waals surface area contributed by atoms with Gasteiger partial charge in [0.2, 0.25) is 5.91 Å². The third-order valence-electron chi connectivity index (χ3n) is 7.58. The molecule has 4 aromatic rings. The van der Waals surface area contributed by atoms with Crippen molar-refractivity contribution in [3.63, 3.8) is 0 Å². The molecular formula is C34H33NO5. The van der Waals surface area contributed by atoms with E-state index in [4.69, 9.17) is 18.9 Å². The van der Waals surface area contributed by atoms with Crippen LogP contribution in [0.5, 0.6) is 0 Å². The number of rotatable bonds is 9. The lowest BCUT2D eigenvalue weighted by atomic mass is 9.79. The second-order valence-electron chi connectivity index (χ2n) is 10.2. The van der Waals surface area contributed by atoms with Crippen LogP contribution in [0.2, 0.25) is 0 Å². The van der Waals surface area contributed by atoms with Crippen LogP contribution in [0.25, 0.3) is 0 Å². The van der Waals surface area contributed by atoms with E-state index in [-0.39, 0.29) is 12.0 Å². The van der Waals surface area contributed by atoms with Crippen molar-refractivity contribution in [3.05, 3.63) is 144 Å². The summed E-state index contributed by atoms with van der Waals surface area (Å²) in [6, 6.07) is 40.0. The molecule has 40 heavy (non-hydrogen) atoms. The van der Waals surface area contributed by atoms with E-state index >= 15 is 0 Å². The fraction of sp³-hybridized carbons (Fsp3) is 0.265. The van der Waals surface area contributed by atoms with E-state index in [2.05, 4.69) is 41.7 Å². The van der Waals surface area contributed by atoms with Crippen molar-refractivity contribution in [2.75, 3.05) is 6.61 Å². The number of hydrogen-bond donors (Lipinski definition) is 1. The van der Waals surface area contributed by atoms with Crippen LogP contribution in [0.3, 0.4) is 0 Å². The third-order valence-corrected chi connectivity index (χ3v) is 7.58. The zero-order valence-corrected chi connectivity index (χ0v) is 22.4. The fourth-order valence-electron chi connectivity index (χ4n) is 5.79. The number of nitrogens with one attached hydrogen (secondary N) is 1. The van der Waals surface area contributed by atoms with Crippen LogP contribution >= 0.6 is 0 Å². The molecule has 2 saturated heterocycles. The minimum absolute atomic E-state index is 0.192. The summed E-state index contributed by atoms with van der Waals surface area (Å²) in [4.78, 5) is 12.5. The number of amides is 1. The summed E-state index contributed by atoms with van der Waals surface area (Å²) < 4.78 is 26.3. The lowest BCUT2D eigenvalue weighted by Crippen LogP contribution is -2.63. The molecule has 0 saturated carbocycles. The molecule has 0 aromatic heterocycles. The van der Waals surface area contributed by atoms with Gasteiger partial charge in [-0.3, -0.25) is 4.79 Å². The molecule has 204 valence electrons. The first kappa shape index (κ1) is 26.4. The average molecular weight is 536 g/mol. The van der Waals surface area contributed by atoms with Gasteiger partial charge in [-0.2, -0.15) is 0 Å². The lowest BCUT2D eigenvalue weighted by molar-refractivity contribution is -0.233. The summed E-state index contributed by atoms with van der Waals surface area (Å²) >= 11 is 0. The summed E-state index contributed by atoms with van der Waals surface area (Å²) in [5.74, 6) is -0.192. The number of carbonyl (C=O) groups excluding carboxylic acids is 1. The molecule has 0 radical (unpaired) electrons. The van der Waals surface area contributed by atoms with Crippen molar-refractivity contribution in [2.45, 2.75) is 49.8 Å². The van der Waals surface area contributed by atoms with Gasteiger partial charge in [0, 0.05) is 6.92 Å². The van der Waals surface area contributed by atoms with Gasteiger partial charge in [0.25, 0.3) is 0 Å². The predicted molar refractivity (Wildman–Crippen MR) is 151 cm³/mol. The lowest BCUT2D eigenvalue weighted by Gasteiger charge is -2.46. The summed E-state index contributed by atoms with van der Waals surface area (Å²) in [5.41, 5.74) is 2.94. The normalized spacial score (nSPS) is 24.0. The van der Waals surface area contributed by atoms with Crippen molar-refractivity contribution in [1.82, 2.24) is 5.32 Å². The molecule has 6 rings (SSSR count). The predicted octanol–water partition coefficient (Wildman–Crippen LogP) is 5.21. The smallest absolute Gasteiger partial charge is 0.217 e. The first-order chi connectivity index (χ1) is 19.6. The number of carbonyl (C=O) groups is 1. The monoisotopic (exact) mass is 535 g/mol. The van der Waals surface area contributed by atoms with Gasteiger partial charge in [-0.15, -0.1) is 0 Å². The average Bonchev–Trinajstić information content (AvgIpc) is 3.45. The zero-order valence-electron chi connectivity index (χ0n) is 22.4. The molecule has 5 atom stereocenters. The van der Waals surface area contributed by atoms with E-state index in [1.54, 1.807) is 0 Å². The summed E-state index contributed by atoms with van der Waals surface area (Å²) in [5, 5.41) is 3.07. The first-order valence-corrected chi connectivity index (χ1v) is 13.7. The number of ether oxygens (including phenoxy) is 4. The molecule has 0 unspecified atom stereocenters. The largest absolute Gasteiger partial charge is 0.368 e. The molecule has 2 aliphatic rings. The van der Waals surface area contributed by atoms with Gasteiger partial charge in [0.1, 0.15) is 30.0 Å². The maximum Gasteiger partial charge on any atom is 0.217 e. The van der Waals surface area contributed by atoms with Gasteiger partial charge in [-0.05, 0) is 22.3 Å². The Kier molecular flexibility index (Phi) is 7.75. The Morgan fingerprint density at radius 3 is 1.77 bits per heavy atom. The summed E-state index contributed by atoms with van der Waals surface area (Å²) in [7, 11) is 0. The quantitative estimate of drug-likeness (QED) is 0.298. The Morgan fingerprint density at radius 1 is 0.775 bits per heavy atom. The molecule has 1 N–H and O–H groups in total. The molecule has 4 aromatic carbocycles. The van der Waals surface area contributed by atoms with Gasteiger partial charge < -0.3 is 24.3 Å². The molecule has 1 amide bonds. The van der Waals surface area contributed by atoms with Crippen LogP contribution in [-0.4, -0.2) is 43.2 Å². The van der Waals surface area contributed by atoms with E-state index < -0.39 is 30.1 Å². The molecule has 2 aliphatic heterocycles. The Bertz CT molecular complexity index is 1290. The second-order valence-corrected chi connectivity index (χ2v) is 10.2. The van der Waals surface area contributed by atoms with Gasteiger partial charge in [-0.1, -0.05) is 121 Å². The van der Waals surface area contributed by atoms with E-state index in [1.165, 1.54) is 6.92 Å². The standard InChI is InChI=1S/C34H33NO5/c1-24(36)35-30-32(31(29-23-38-33(30)39-29)37-22-25-14-6-2-7-15-25)40-34(26-16-8-3-9-17-26,27-18-10-4-11-19-27)28-20-12-5-13-21-28/h2-21,29-33H,22-23H2,1H3,(H,35,36)/t29-,30-,31-,32-,33-/m1/s1. The van der Waals surface area contributed by atoms with Gasteiger partial charge >= 0.3 is 0 Å². The molecule has 2 fully saturated rings. The Balaban J connectivity index is 1.49. The number of hydrogen-bond acceptors (Lipinski definition) is 5. The molecule has 2 heterocycles. The van der Waals surface area contributed by atoms with E-state index in [0.717, 1.165) is 22.3 Å². The highest BCUT2D eigenvalue weighted by molar-refractivity contribution is 5.73. The topological polar surface area (TPSA) is 66.0 Å². The van der Waals surface area contributed by atoms with Crippen LogP contribution < -0.4 is 5.32 Å². The van der Waals surface area contributed by atoms with E-state index in [9.17, 15) is 4.79 Å². The van der Waals surface area contributed by atoms with Gasteiger partial charge in [0.05, 0.1) is 13.2 Å². The fourth-order valence-corrected chi connectivity index (χ4v) is 5.79. The van der Waals surface area contributed by atoms with Gasteiger partial charge in [0.15, 0.2) is 6.29 Å². The highest BCUT2D eigenvalue weighted by Gasteiger charge is 2.55. The minimum Gasteiger partial charge on any atom is -0.368 e. The maximum absolute atomic E-state index is 12.5. The summed E-state index contributed by atoms with van der Waals surface area (Å²) in [6.07, 6.45) is -2.09. The molecule has 6 heteroatoms. The van der Waals surface area contributed by atoms with Gasteiger partial charge in [-0.25, -0.2) is 0 Å². The molecule has 2 bridgehead atoms. The molecular weight excluding hydrogens is 502 g/mol. The Hall–Kier alpha value is -3.81. The van der Waals surface area contributed by atoms with E-state index in [0.29, 0.717) is 13.2 Å². The number of benzene rings is 4. The van der Waals surface area contributed by atoms with Crippen LogP contribution in [0.4, 0.5) is 0 Å². The second kappa shape index (κ2) is 11.7. The number of fused-ring (bicyclic) bond motifs is 2. The summed E-state index contributed by atoms with van der Waals surface area (Å²) in [6.45, 7) is 2.23. The van der Waals surface area contributed by atoms with E-state index in [1.807, 2.05) is 84.9 Å². The van der Waals surface area contributed by atoms with Crippen molar-refractivity contribution in [3.8, 4) is 0 Å². The van der Waals surface area contributed by atoms with Crippen molar-refractivity contribution >= 4 is 5.91 Å². The third kappa shape index (κ3) is 5.19. The molecule has 0 aliphatic carbocycles. The molecule has 6 nitrogen and oxygen atoms in total. The maximum atomic E-state index is 12.5. The van der Waals surface area contributed by atoms with Crippen molar-refractivity contribution < 1.29 is 23.7 Å². The minimum atomic E-state index is -1.00. The first-order valence-electron chi connectivity index (χ1n) is 13.7. The highest BCUT2D eigenvalue weighted by Crippen LogP contribution is 2.44. The van der Waals surface area contributed by atoms with Crippen molar-refractivity contribution in [2.24, 2.45) is 0 Å². The van der Waals surface area contributed by atoms with Crippen LogP contribution in [0.1, 0.15) is 29.2 Å². The van der Waals surface area contributed by atoms with Crippen LogP contribution in [-0.2, 0) is 35.9 Å². The Labute approximate surface area is 234 Å². The SMILES string of the molecule is CC(=O)N[C@H]1[C@@H]2OC[C@@H](O2)[C@@H](OCc2ccccc2)[C@@H]1OC(c1ccccc1)(c1ccccc1)c1ccccc1. The van der Waals surface area contributed by atoms with Crippen LogP contribution in [0, 0.1) is 0 Å².